The predicted molar refractivity (Wildman–Crippen MR) is 68.1 cm³/mol. The number of rotatable bonds is 1. The van der Waals surface area contributed by atoms with Gasteiger partial charge in [0.25, 0.3) is 0 Å². The van der Waals surface area contributed by atoms with Crippen molar-refractivity contribution in [1.29, 1.82) is 0 Å². The van der Waals surface area contributed by atoms with Crippen molar-refractivity contribution < 1.29 is 9.53 Å². The zero-order valence-electron chi connectivity index (χ0n) is 11.0. The van der Waals surface area contributed by atoms with E-state index in [0.717, 1.165) is 12.2 Å². The highest BCUT2D eigenvalue weighted by Gasteiger charge is 2.42. The third-order valence-electron chi connectivity index (χ3n) is 2.73. The van der Waals surface area contributed by atoms with Crippen LogP contribution in [0.1, 0.15) is 20.8 Å². The summed E-state index contributed by atoms with van der Waals surface area (Å²) in [7, 11) is -1.28. The largest absolute Gasteiger partial charge is 0.444 e. The highest BCUT2D eigenvalue weighted by atomic mass is 28.3. The average Bonchev–Trinajstić information content (AvgIpc) is 2.38. The first kappa shape index (κ1) is 13.5. The minimum atomic E-state index is -1.28. The lowest BCUT2D eigenvalue weighted by atomic mass is 10.2. The molecule has 5 heteroatoms. The van der Waals surface area contributed by atoms with Crippen LogP contribution in [0.3, 0.4) is 0 Å². The monoisotopic (exact) mass is 244 g/mol. The number of nitrogens with zero attached hydrogens (tertiary/aromatic N) is 1. The number of carbonyl (C=O) groups is 1. The second-order valence-corrected chi connectivity index (χ2v) is 11.4. The van der Waals surface area contributed by atoms with E-state index < -0.39 is 13.7 Å². The van der Waals surface area contributed by atoms with E-state index in [2.05, 4.69) is 13.1 Å². The number of amides is 1. The fourth-order valence-electron chi connectivity index (χ4n) is 2.15. The number of ether oxygens (including phenoxy) is 1. The van der Waals surface area contributed by atoms with Crippen molar-refractivity contribution in [2.24, 2.45) is 5.73 Å². The van der Waals surface area contributed by atoms with Crippen molar-refractivity contribution in [3.63, 3.8) is 0 Å². The first-order valence-corrected chi connectivity index (χ1v) is 9.26. The zero-order valence-corrected chi connectivity index (χ0v) is 12.0. The van der Waals surface area contributed by atoms with E-state index in [9.17, 15) is 4.79 Å². The Morgan fingerprint density at radius 3 is 2.50 bits per heavy atom. The Labute approximate surface area is 99.1 Å². The van der Waals surface area contributed by atoms with Crippen LogP contribution in [-0.2, 0) is 4.74 Å². The Morgan fingerprint density at radius 1 is 1.50 bits per heavy atom. The molecule has 0 bridgehead atoms. The van der Waals surface area contributed by atoms with Crippen molar-refractivity contribution in [2.45, 2.75) is 51.6 Å². The summed E-state index contributed by atoms with van der Waals surface area (Å²) in [6.45, 7) is 10.8. The molecule has 0 aromatic heterocycles. The molecule has 0 aromatic rings. The molecule has 1 fully saturated rings. The molecular formula is C11H24N2O2Si. The third kappa shape index (κ3) is 3.49. The van der Waals surface area contributed by atoms with Crippen molar-refractivity contribution in [1.82, 2.24) is 4.90 Å². The maximum Gasteiger partial charge on any atom is 0.410 e. The van der Waals surface area contributed by atoms with E-state index in [1.165, 1.54) is 0 Å². The molecular weight excluding hydrogens is 220 g/mol. The van der Waals surface area contributed by atoms with Crippen LogP contribution in [0, 0.1) is 0 Å². The lowest BCUT2D eigenvalue weighted by Crippen LogP contribution is -2.43. The summed E-state index contributed by atoms with van der Waals surface area (Å²) in [6.07, 6.45) is 0.657. The predicted octanol–water partition coefficient (Wildman–Crippen LogP) is 1.81. The smallest absolute Gasteiger partial charge is 0.410 e. The molecule has 1 unspecified atom stereocenters. The molecule has 0 aromatic carbocycles. The molecule has 1 rings (SSSR count). The number of hydrogen-bond acceptors (Lipinski definition) is 3. The maximum atomic E-state index is 12.0. The van der Waals surface area contributed by atoms with Crippen LogP contribution in [0.2, 0.25) is 19.1 Å². The molecule has 1 aliphatic heterocycles. The van der Waals surface area contributed by atoms with Gasteiger partial charge in [-0.3, -0.25) is 0 Å². The molecule has 0 radical (unpaired) electrons. The van der Waals surface area contributed by atoms with Crippen LogP contribution in [0.4, 0.5) is 4.79 Å². The van der Waals surface area contributed by atoms with Gasteiger partial charge in [-0.25, -0.2) is 4.79 Å². The average molecular weight is 244 g/mol. The summed E-state index contributed by atoms with van der Waals surface area (Å²) < 4.78 is 5.40. The van der Waals surface area contributed by atoms with Crippen LogP contribution in [-0.4, -0.2) is 43.4 Å². The van der Waals surface area contributed by atoms with E-state index in [1.54, 1.807) is 0 Å². The molecule has 1 saturated heterocycles. The quantitative estimate of drug-likeness (QED) is 0.716. The number of carbonyl (C=O) groups excluding carboxylic acids is 1. The second-order valence-electron chi connectivity index (χ2n) is 6.37. The first-order chi connectivity index (χ1) is 7.14. The van der Waals surface area contributed by atoms with Crippen LogP contribution in [0.25, 0.3) is 0 Å². The summed E-state index contributed by atoms with van der Waals surface area (Å²) >= 11 is 0. The van der Waals surface area contributed by atoms with Gasteiger partial charge in [-0.05, 0) is 26.8 Å². The van der Waals surface area contributed by atoms with E-state index in [1.807, 2.05) is 25.7 Å². The van der Waals surface area contributed by atoms with Gasteiger partial charge in [-0.2, -0.15) is 0 Å². The summed E-state index contributed by atoms with van der Waals surface area (Å²) in [6, 6.07) is 1.26. The normalized spacial score (nSPS) is 24.6. The van der Waals surface area contributed by atoms with E-state index >= 15 is 0 Å². The Morgan fingerprint density at radius 2 is 2.06 bits per heavy atom. The van der Waals surface area contributed by atoms with Crippen molar-refractivity contribution >= 4 is 14.2 Å². The van der Waals surface area contributed by atoms with Crippen LogP contribution in [0.5, 0.6) is 0 Å². The number of hydrogen-bond donors (Lipinski definition) is 1. The van der Waals surface area contributed by atoms with E-state index in [4.69, 9.17) is 10.5 Å². The highest BCUT2D eigenvalue weighted by molar-refractivity contribution is 6.78. The van der Waals surface area contributed by atoms with Gasteiger partial charge >= 0.3 is 6.09 Å². The Hall–Kier alpha value is -0.553. The second kappa shape index (κ2) is 4.37. The van der Waals surface area contributed by atoms with Crippen molar-refractivity contribution in [2.75, 3.05) is 12.7 Å². The molecule has 2 N–H and O–H groups in total. The molecule has 16 heavy (non-hydrogen) atoms. The van der Waals surface area contributed by atoms with Gasteiger partial charge in [0, 0.05) is 18.8 Å². The SMILES string of the molecule is CC(C)(C)OC(=O)N1C[Si](C)(C)CC1CN. The first-order valence-electron chi connectivity index (χ1n) is 5.84. The fourth-order valence-corrected chi connectivity index (χ4v) is 5.25. The standard InChI is InChI=1S/C11H24N2O2Si/c1-11(2,3)15-10(14)13-8-16(4,5)7-9(13)6-12/h9H,6-8,12H2,1-5H3. The lowest BCUT2D eigenvalue weighted by Gasteiger charge is -2.28. The molecule has 0 spiro atoms. The minimum Gasteiger partial charge on any atom is -0.444 e. The summed E-state index contributed by atoms with van der Waals surface area (Å²) in [5.41, 5.74) is 5.29. The van der Waals surface area contributed by atoms with E-state index in [-0.39, 0.29) is 12.1 Å². The fraction of sp³-hybridized carbons (Fsp3) is 0.909. The van der Waals surface area contributed by atoms with Gasteiger partial charge in [-0.1, -0.05) is 13.1 Å². The number of nitrogens with two attached hydrogens (primary N) is 1. The lowest BCUT2D eigenvalue weighted by molar-refractivity contribution is 0.0242. The minimum absolute atomic E-state index is 0.177. The molecule has 1 amide bonds. The van der Waals surface area contributed by atoms with Gasteiger partial charge in [0.05, 0.1) is 8.07 Å². The van der Waals surface area contributed by atoms with Crippen molar-refractivity contribution in [3.05, 3.63) is 0 Å². The third-order valence-corrected chi connectivity index (χ3v) is 5.50. The van der Waals surface area contributed by atoms with Gasteiger partial charge < -0.3 is 15.4 Å². The zero-order chi connectivity index (χ0) is 12.6. The molecule has 0 saturated carbocycles. The molecule has 94 valence electrons. The maximum absolute atomic E-state index is 12.0. The van der Waals surface area contributed by atoms with Gasteiger partial charge in [0.15, 0.2) is 0 Å². The Bertz CT molecular complexity index is 274. The van der Waals surface area contributed by atoms with E-state index in [0.29, 0.717) is 6.54 Å². The van der Waals surface area contributed by atoms with Gasteiger partial charge in [0.2, 0.25) is 0 Å². The van der Waals surface area contributed by atoms with Gasteiger partial charge in [0.1, 0.15) is 5.60 Å². The Kier molecular flexibility index (Phi) is 3.69. The molecule has 1 heterocycles. The van der Waals surface area contributed by atoms with Crippen LogP contribution in [0.15, 0.2) is 0 Å². The molecule has 1 aliphatic rings. The topological polar surface area (TPSA) is 55.6 Å². The Balaban J connectivity index is 2.69. The van der Waals surface area contributed by atoms with Crippen LogP contribution >= 0.6 is 0 Å². The van der Waals surface area contributed by atoms with Crippen LogP contribution < -0.4 is 5.73 Å². The summed E-state index contributed by atoms with van der Waals surface area (Å²) in [5, 5.41) is 0. The van der Waals surface area contributed by atoms with Gasteiger partial charge in [-0.15, -0.1) is 0 Å². The highest BCUT2D eigenvalue weighted by Crippen LogP contribution is 2.27. The molecule has 1 atom stereocenters. The summed E-state index contributed by atoms with van der Waals surface area (Å²) in [5.74, 6) is 0. The molecule has 0 aliphatic carbocycles. The summed E-state index contributed by atoms with van der Waals surface area (Å²) in [4.78, 5) is 13.8. The van der Waals surface area contributed by atoms with Crippen molar-refractivity contribution in [3.8, 4) is 0 Å². The molecule has 4 nitrogen and oxygen atoms in total.